The molecule has 0 aromatic heterocycles. The summed E-state index contributed by atoms with van der Waals surface area (Å²) in [7, 11) is 0. The van der Waals surface area contributed by atoms with Gasteiger partial charge in [0.2, 0.25) is 12.7 Å². The highest BCUT2D eigenvalue weighted by molar-refractivity contribution is 5.79. The molecule has 1 aliphatic rings. The number of fused-ring (bicyclic) bond motifs is 1. The van der Waals surface area contributed by atoms with E-state index in [-0.39, 0.29) is 25.7 Å². The van der Waals surface area contributed by atoms with Crippen molar-refractivity contribution in [1.82, 2.24) is 5.32 Å². The third-order valence-corrected chi connectivity index (χ3v) is 2.19. The Balaban J connectivity index is 2.00. The maximum Gasteiger partial charge on any atom is 0.231 e. The van der Waals surface area contributed by atoms with Crippen LogP contribution < -0.4 is 14.8 Å². The molecule has 4 nitrogen and oxygen atoms in total. The third-order valence-electron chi connectivity index (χ3n) is 2.19. The zero-order valence-corrected chi connectivity index (χ0v) is 8.66. The molecule has 0 unspecified atom stereocenters. The molecule has 4 heteroatoms. The first-order valence-electron chi connectivity index (χ1n) is 4.88. The molecule has 0 saturated heterocycles. The van der Waals surface area contributed by atoms with Crippen molar-refractivity contribution in [3.63, 3.8) is 0 Å². The Bertz CT molecular complexity index is 448. The van der Waals surface area contributed by atoms with Crippen molar-refractivity contribution in [3.05, 3.63) is 23.8 Å². The Kier molecular flexibility index (Phi) is 2.97. The van der Waals surface area contributed by atoms with Crippen LogP contribution in [0.25, 0.3) is 0 Å². The van der Waals surface area contributed by atoms with Gasteiger partial charge in [-0.1, -0.05) is 12.0 Å². The highest BCUT2D eigenvalue weighted by atomic mass is 16.7. The number of hydrogen-bond donors (Lipinski definition) is 1. The predicted octanol–water partition coefficient (Wildman–Crippen LogP) is 0.707. The van der Waals surface area contributed by atoms with E-state index in [4.69, 9.17) is 15.9 Å². The van der Waals surface area contributed by atoms with Gasteiger partial charge in [-0.15, -0.1) is 6.42 Å². The molecule has 82 valence electrons. The van der Waals surface area contributed by atoms with Crippen LogP contribution in [0, 0.1) is 12.3 Å². The van der Waals surface area contributed by atoms with Crippen molar-refractivity contribution in [2.75, 3.05) is 13.3 Å². The van der Waals surface area contributed by atoms with E-state index >= 15 is 0 Å². The number of rotatable bonds is 3. The van der Waals surface area contributed by atoms with Gasteiger partial charge >= 0.3 is 0 Å². The monoisotopic (exact) mass is 217 g/mol. The summed E-state index contributed by atoms with van der Waals surface area (Å²) in [6.45, 7) is 0.492. The number of terminal acetylenes is 1. The molecule has 0 saturated carbocycles. The molecule has 1 aromatic carbocycles. The van der Waals surface area contributed by atoms with Crippen molar-refractivity contribution in [2.24, 2.45) is 0 Å². The summed E-state index contributed by atoms with van der Waals surface area (Å²) in [6.07, 6.45) is 5.33. The molecule has 0 spiro atoms. The molecule has 0 atom stereocenters. The van der Waals surface area contributed by atoms with Gasteiger partial charge in [0.25, 0.3) is 0 Å². The highest BCUT2D eigenvalue weighted by Gasteiger charge is 2.14. The Morgan fingerprint density at radius 2 is 2.25 bits per heavy atom. The zero-order valence-electron chi connectivity index (χ0n) is 8.66. The van der Waals surface area contributed by atoms with Gasteiger partial charge in [-0.2, -0.15) is 0 Å². The van der Waals surface area contributed by atoms with E-state index < -0.39 is 0 Å². The smallest absolute Gasteiger partial charge is 0.231 e. The minimum atomic E-state index is -0.100. The quantitative estimate of drug-likeness (QED) is 0.758. The molecule has 0 bridgehead atoms. The summed E-state index contributed by atoms with van der Waals surface area (Å²) in [5, 5.41) is 2.60. The van der Waals surface area contributed by atoms with Crippen LogP contribution in [0.1, 0.15) is 5.56 Å². The lowest BCUT2D eigenvalue weighted by atomic mass is 10.1. The van der Waals surface area contributed by atoms with Crippen LogP contribution in [-0.2, 0) is 11.2 Å². The summed E-state index contributed by atoms with van der Waals surface area (Å²) in [4.78, 5) is 11.4. The second-order valence-corrected chi connectivity index (χ2v) is 3.35. The van der Waals surface area contributed by atoms with Crippen molar-refractivity contribution >= 4 is 5.91 Å². The zero-order chi connectivity index (χ0) is 11.4. The second kappa shape index (κ2) is 4.58. The maximum atomic E-state index is 11.4. The molecular weight excluding hydrogens is 206 g/mol. The Labute approximate surface area is 93.6 Å². The van der Waals surface area contributed by atoms with E-state index in [0.29, 0.717) is 11.5 Å². The van der Waals surface area contributed by atoms with Gasteiger partial charge in [0.15, 0.2) is 11.5 Å². The van der Waals surface area contributed by atoms with Crippen molar-refractivity contribution in [2.45, 2.75) is 6.42 Å². The molecule has 0 aliphatic carbocycles. The molecule has 1 N–H and O–H groups in total. The first kappa shape index (κ1) is 10.4. The standard InChI is InChI=1S/C12H11NO3/c1-2-5-13-12(14)7-9-3-4-10-11(6-9)16-8-15-10/h1,3-4,6H,5,7-8H2,(H,13,14). The van der Waals surface area contributed by atoms with E-state index in [1.165, 1.54) is 0 Å². The van der Waals surface area contributed by atoms with Crippen molar-refractivity contribution in [3.8, 4) is 23.8 Å². The van der Waals surface area contributed by atoms with E-state index in [1.54, 1.807) is 12.1 Å². The van der Waals surface area contributed by atoms with Crippen molar-refractivity contribution in [1.29, 1.82) is 0 Å². The lowest BCUT2D eigenvalue weighted by Crippen LogP contribution is -2.25. The number of hydrogen-bond acceptors (Lipinski definition) is 3. The van der Waals surface area contributed by atoms with Crippen LogP contribution >= 0.6 is 0 Å². The fraction of sp³-hybridized carbons (Fsp3) is 0.250. The molecule has 1 aromatic rings. The number of carbonyl (C=O) groups is 1. The average molecular weight is 217 g/mol. The number of amides is 1. The van der Waals surface area contributed by atoms with Gasteiger partial charge in [-0.25, -0.2) is 0 Å². The molecule has 0 radical (unpaired) electrons. The Hall–Kier alpha value is -2.15. The van der Waals surface area contributed by atoms with Crippen LogP contribution in [0.3, 0.4) is 0 Å². The fourth-order valence-corrected chi connectivity index (χ4v) is 1.45. The molecule has 1 heterocycles. The molecule has 0 fully saturated rings. The van der Waals surface area contributed by atoms with E-state index in [2.05, 4.69) is 11.2 Å². The van der Waals surface area contributed by atoms with Gasteiger partial charge < -0.3 is 14.8 Å². The third kappa shape index (κ3) is 2.26. The maximum absolute atomic E-state index is 11.4. The number of nitrogens with one attached hydrogen (secondary N) is 1. The van der Waals surface area contributed by atoms with Crippen LogP contribution in [0.2, 0.25) is 0 Å². The summed E-state index contributed by atoms with van der Waals surface area (Å²) < 4.78 is 10.4. The Morgan fingerprint density at radius 3 is 3.06 bits per heavy atom. The topological polar surface area (TPSA) is 47.6 Å². The molecule has 2 rings (SSSR count). The van der Waals surface area contributed by atoms with Gasteiger partial charge in [0.1, 0.15) is 0 Å². The van der Waals surface area contributed by atoms with Gasteiger partial charge in [0, 0.05) is 0 Å². The lowest BCUT2D eigenvalue weighted by Gasteiger charge is -2.03. The first-order chi connectivity index (χ1) is 7.79. The minimum Gasteiger partial charge on any atom is -0.454 e. The summed E-state index contributed by atoms with van der Waals surface area (Å²) in [5.74, 6) is 3.65. The average Bonchev–Trinajstić information content (AvgIpc) is 2.73. The van der Waals surface area contributed by atoms with Gasteiger partial charge in [-0.05, 0) is 17.7 Å². The summed E-state index contributed by atoms with van der Waals surface area (Å²) in [6, 6.07) is 5.44. The number of benzene rings is 1. The number of ether oxygens (including phenoxy) is 2. The normalized spacial score (nSPS) is 11.9. The summed E-state index contributed by atoms with van der Waals surface area (Å²) >= 11 is 0. The Morgan fingerprint density at radius 1 is 1.44 bits per heavy atom. The molecular formula is C12H11NO3. The fourth-order valence-electron chi connectivity index (χ4n) is 1.45. The molecule has 16 heavy (non-hydrogen) atoms. The number of carbonyl (C=O) groups excluding carboxylic acids is 1. The van der Waals surface area contributed by atoms with Crippen LogP contribution in [0.5, 0.6) is 11.5 Å². The van der Waals surface area contributed by atoms with E-state index in [0.717, 1.165) is 5.56 Å². The lowest BCUT2D eigenvalue weighted by molar-refractivity contribution is -0.120. The van der Waals surface area contributed by atoms with Gasteiger partial charge in [-0.3, -0.25) is 4.79 Å². The predicted molar refractivity (Wildman–Crippen MR) is 58.1 cm³/mol. The van der Waals surface area contributed by atoms with Crippen LogP contribution in [0.15, 0.2) is 18.2 Å². The van der Waals surface area contributed by atoms with Crippen LogP contribution in [0.4, 0.5) is 0 Å². The van der Waals surface area contributed by atoms with Gasteiger partial charge in [0.05, 0.1) is 13.0 Å². The molecule has 1 aliphatic heterocycles. The van der Waals surface area contributed by atoms with Crippen molar-refractivity contribution < 1.29 is 14.3 Å². The largest absolute Gasteiger partial charge is 0.454 e. The van der Waals surface area contributed by atoms with E-state index in [1.807, 2.05) is 6.07 Å². The van der Waals surface area contributed by atoms with E-state index in [9.17, 15) is 4.79 Å². The highest BCUT2D eigenvalue weighted by Crippen LogP contribution is 2.32. The first-order valence-corrected chi connectivity index (χ1v) is 4.88. The van der Waals surface area contributed by atoms with Crippen LogP contribution in [-0.4, -0.2) is 19.2 Å². The summed E-state index contributed by atoms with van der Waals surface area (Å²) in [5.41, 5.74) is 0.874. The molecule has 1 amide bonds. The SMILES string of the molecule is C#CCNC(=O)Cc1ccc2c(c1)OCO2. The second-order valence-electron chi connectivity index (χ2n) is 3.35. The minimum absolute atomic E-state index is 0.100.